The van der Waals surface area contributed by atoms with Crippen molar-refractivity contribution in [3.63, 3.8) is 0 Å². The molecule has 0 aliphatic carbocycles. The molecule has 0 saturated carbocycles. The van der Waals surface area contributed by atoms with Crippen LogP contribution in [-0.4, -0.2) is 14.3 Å². The molecule has 0 radical (unpaired) electrons. The van der Waals surface area contributed by atoms with E-state index in [1.165, 1.54) is 18.1 Å². The van der Waals surface area contributed by atoms with Gasteiger partial charge in [0, 0.05) is 0 Å². The van der Waals surface area contributed by atoms with E-state index in [4.69, 9.17) is 0 Å². The lowest BCUT2D eigenvalue weighted by Crippen LogP contribution is -2.29. The Labute approximate surface area is 76.2 Å². The molecule has 64 valence electrons. The van der Waals surface area contributed by atoms with Gasteiger partial charge in [-0.2, -0.15) is 0 Å². The van der Waals surface area contributed by atoms with Crippen LogP contribution in [-0.2, 0) is 0 Å². The van der Waals surface area contributed by atoms with E-state index in [0.29, 0.717) is 0 Å². The highest BCUT2D eigenvalue weighted by Gasteiger charge is 2.23. The van der Waals surface area contributed by atoms with E-state index in [1.807, 2.05) is 6.26 Å². The first kappa shape index (κ1) is 11.1. The lowest BCUT2D eigenvalue weighted by atomic mass is 10.9. The summed E-state index contributed by atoms with van der Waals surface area (Å²) in [6.07, 6.45) is 2.05. The van der Waals surface area contributed by atoms with Crippen LogP contribution in [0.1, 0.15) is 20.8 Å². The molecule has 0 atom stereocenters. The molecule has 0 heterocycles. The van der Waals surface area contributed by atoms with Crippen LogP contribution in [0.15, 0.2) is 0 Å². The van der Waals surface area contributed by atoms with E-state index in [9.17, 15) is 0 Å². The van der Waals surface area contributed by atoms with E-state index < -0.39 is 8.07 Å². The van der Waals surface area contributed by atoms with Crippen LogP contribution in [0.4, 0.5) is 0 Å². The molecule has 0 rings (SSSR count). The number of hydrogen-bond acceptors (Lipinski definition) is 1. The molecular weight excluding hydrogens is 168 g/mol. The standard InChI is InChI=1S/C9H18SSi/c1-5-11(6-2,7-3)9-8-10-4/h5-7H2,1-4H3. The monoisotopic (exact) mass is 186 g/mol. The number of hydrogen-bond donors (Lipinski definition) is 0. The normalized spacial score (nSPS) is 10.5. The molecule has 0 aliphatic heterocycles. The van der Waals surface area contributed by atoms with E-state index >= 15 is 0 Å². The topological polar surface area (TPSA) is 0 Å². The van der Waals surface area contributed by atoms with Crippen LogP contribution in [0.25, 0.3) is 0 Å². The average Bonchev–Trinajstić information content (AvgIpc) is 2.08. The Morgan fingerprint density at radius 2 is 1.55 bits per heavy atom. The second-order valence-electron chi connectivity index (χ2n) is 2.77. The Bertz CT molecular complexity index is 142. The van der Waals surface area contributed by atoms with Crippen LogP contribution in [0.3, 0.4) is 0 Å². The molecule has 0 aliphatic rings. The third-order valence-corrected chi connectivity index (χ3v) is 7.65. The lowest BCUT2D eigenvalue weighted by Gasteiger charge is -2.19. The van der Waals surface area contributed by atoms with Crippen LogP contribution in [0, 0.1) is 10.8 Å². The third-order valence-electron chi connectivity index (χ3n) is 2.45. The molecule has 0 aromatic carbocycles. The predicted molar refractivity (Wildman–Crippen MR) is 58.5 cm³/mol. The first-order valence-corrected chi connectivity index (χ1v) is 8.14. The fourth-order valence-electron chi connectivity index (χ4n) is 1.17. The molecule has 0 bridgehead atoms. The summed E-state index contributed by atoms with van der Waals surface area (Å²) in [5.74, 6) is 0. The van der Waals surface area contributed by atoms with Crippen molar-refractivity contribution in [2.45, 2.75) is 38.9 Å². The SMILES string of the molecule is CC[Si](C#CSC)(CC)CC. The summed E-state index contributed by atoms with van der Waals surface area (Å²) < 4.78 is 0. The quantitative estimate of drug-likeness (QED) is 0.481. The zero-order chi connectivity index (χ0) is 8.74. The maximum absolute atomic E-state index is 3.48. The van der Waals surface area contributed by atoms with Crippen LogP contribution >= 0.6 is 11.8 Å². The summed E-state index contributed by atoms with van der Waals surface area (Å²) in [5, 5.41) is 3.17. The Hall–Kier alpha value is 0.127. The van der Waals surface area contributed by atoms with Gasteiger partial charge in [0.2, 0.25) is 0 Å². The zero-order valence-electron chi connectivity index (χ0n) is 8.03. The van der Waals surface area contributed by atoms with Gasteiger partial charge in [-0.3, -0.25) is 0 Å². The van der Waals surface area contributed by atoms with Gasteiger partial charge in [0.1, 0.15) is 8.07 Å². The molecule has 0 N–H and O–H groups in total. The number of rotatable bonds is 3. The molecule has 0 nitrogen and oxygen atoms in total. The van der Waals surface area contributed by atoms with E-state index in [-0.39, 0.29) is 0 Å². The minimum absolute atomic E-state index is 1.12. The van der Waals surface area contributed by atoms with Crippen molar-refractivity contribution >= 4 is 19.8 Å². The van der Waals surface area contributed by atoms with Gasteiger partial charge in [-0.1, -0.05) is 32.5 Å². The van der Waals surface area contributed by atoms with Crippen molar-refractivity contribution in [2.75, 3.05) is 6.26 Å². The predicted octanol–water partition coefficient (Wildman–Crippen LogP) is 3.36. The molecule has 0 saturated heterocycles. The third kappa shape index (κ3) is 3.35. The van der Waals surface area contributed by atoms with E-state index in [2.05, 4.69) is 31.6 Å². The summed E-state index contributed by atoms with van der Waals surface area (Å²) in [6, 6.07) is 3.94. The molecule has 0 amide bonds. The summed E-state index contributed by atoms with van der Waals surface area (Å²) in [4.78, 5) is 0. The smallest absolute Gasteiger partial charge is 0.119 e. The largest absolute Gasteiger partial charge is 0.138 e. The molecule has 2 heteroatoms. The van der Waals surface area contributed by atoms with Crippen molar-refractivity contribution in [1.82, 2.24) is 0 Å². The van der Waals surface area contributed by atoms with Crippen molar-refractivity contribution in [3.05, 3.63) is 0 Å². The Balaban J connectivity index is 4.28. The highest BCUT2D eigenvalue weighted by molar-refractivity contribution is 8.03. The second-order valence-corrected chi connectivity index (χ2v) is 8.32. The van der Waals surface area contributed by atoms with Gasteiger partial charge in [0.15, 0.2) is 0 Å². The first-order valence-electron chi connectivity index (χ1n) is 4.29. The van der Waals surface area contributed by atoms with Crippen molar-refractivity contribution in [3.8, 4) is 10.8 Å². The molecule has 0 aromatic heterocycles. The average molecular weight is 186 g/mol. The Morgan fingerprint density at radius 1 is 1.09 bits per heavy atom. The summed E-state index contributed by atoms with van der Waals surface area (Å²) in [7, 11) is -1.12. The number of thioether (sulfide) groups is 1. The molecule has 0 aromatic rings. The molecule has 11 heavy (non-hydrogen) atoms. The Kier molecular flexibility index (Phi) is 5.80. The molecule has 0 spiro atoms. The minimum Gasteiger partial charge on any atom is -0.119 e. The van der Waals surface area contributed by atoms with Crippen LogP contribution in [0.2, 0.25) is 18.1 Å². The molecule has 0 fully saturated rings. The molecule has 0 unspecified atom stereocenters. The highest BCUT2D eigenvalue weighted by atomic mass is 32.2. The summed E-state index contributed by atoms with van der Waals surface area (Å²) in [6.45, 7) is 6.86. The van der Waals surface area contributed by atoms with Gasteiger partial charge in [-0.05, 0) is 29.6 Å². The first-order chi connectivity index (χ1) is 5.24. The summed E-state index contributed by atoms with van der Waals surface area (Å²) >= 11 is 1.65. The fourth-order valence-corrected chi connectivity index (χ4v) is 4.48. The van der Waals surface area contributed by atoms with Gasteiger partial charge in [0.05, 0.1) is 0 Å². The van der Waals surface area contributed by atoms with Gasteiger partial charge in [0.25, 0.3) is 0 Å². The molecular formula is C9H18SSi. The van der Waals surface area contributed by atoms with E-state index in [0.717, 1.165) is 0 Å². The van der Waals surface area contributed by atoms with Crippen LogP contribution in [0.5, 0.6) is 0 Å². The van der Waals surface area contributed by atoms with Gasteiger partial charge >= 0.3 is 0 Å². The minimum atomic E-state index is -1.12. The summed E-state index contributed by atoms with van der Waals surface area (Å²) in [5.41, 5.74) is 3.48. The Morgan fingerprint density at radius 3 is 1.82 bits per heavy atom. The zero-order valence-corrected chi connectivity index (χ0v) is 9.85. The van der Waals surface area contributed by atoms with E-state index in [1.54, 1.807) is 11.8 Å². The van der Waals surface area contributed by atoms with Gasteiger partial charge < -0.3 is 0 Å². The van der Waals surface area contributed by atoms with Crippen LogP contribution < -0.4 is 0 Å². The van der Waals surface area contributed by atoms with Crippen molar-refractivity contribution in [2.24, 2.45) is 0 Å². The van der Waals surface area contributed by atoms with Gasteiger partial charge in [-0.25, -0.2) is 0 Å². The lowest BCUT2D eigenvalue weighted by molar-refractivity contribution is 1.20. The highest BCUT2D eigenvalue weighted by Crippen LogP contribution is 2.18. The maximum atomic E-state index is 3.48. The second kappa shape index (κ2) is 5.74. The van der Waals surface area contributed by atoms with Crippen molar-refractivity contribution < 1.29 is 0 Å². The fraction of sp³-hybridized carbons (Fsp3) is 0.778. The van der Waals surface area contributed by atoms with Crippen molar-refractivity contribution in [1.29, 1.82) is 0 Å². The van der Waals surface area contributed by atoms with Gasteiger partial charge in [-0.15, -0.1) is 5.54 Å². The maximum Gasteiger partial charge on any atom is 0.138 e.